The predicted molar refractivity (Wildman–Crippen MR) is 99.5 cm³/mol. The third-order valence-corrected chi connectivity index (χ3v) is 5.14. The molecule has 0 fully saturated rings. The van der Waals surface area contributed by atoms with E-state index >= 15 is 0 Å². The summed E-state index contributed by atoms with van der Waals surface area (Å²) in [7, 11) is -2.45. The Morgan fingerprint density at radius 3 is 2.44 bits per heavy atom. The molecule has 0 bridgehead atoms. The number of carbonyl (C=O) groups excluding carboxylic acids is 2. The van der Waals surface area contributed by atoms with Crippen molar-refractivity contribution in [1.29, 1.82) is 0 Å². The van der Waals surface area contributed by atoms with Gasteiger partial charge in [-0.15, -0.1) is 0 Å². The fourth-order valence-electron chi connectivity index (χ4n) is 2.50. The van der Waals surface area contributed by atoms with Gasteiger partial charge in [0.15, 0.2) is 6.61 Å². The Labute approximate surface area is 158 Å². The van der Waals surface area contributed by atoms with Crippen LogP contribution in [0.5, 0.6) is 0 Å². The number of amides is 1. The number of nitrogens with two attached hydrogens (primary N) is 1. The fourth-order valence-corrected chi connectivity index (χ4v) is 3.08. The van der Waals surface area contributed by atoms with Crippen LogP contribution in [0.25, 0.3) is 0 Å². The first-order chi connectivity index (χ1) is 12.5. The van der Waals surface area contributed by atoms with Crippen molar-refractivity contribution < 1.29 is 22.7 Å². The van der Waals surface area contributed by atoms with E-state index in [4.69, 9.17) is 9.88 Å². The van der Waals surface area contributed by atoms with E-state index in [9.17, 15) is 18.0 Å². The molecule has 0 aliphatic carbocycles. The van der Waals surface area contributed by atoms with Gasteiger partial charge in [-0.05, 0) is 43.5 Å². The molecule has 146 valence electrons. The van der Waals surface area contributed by atoms with Gasteiger partial charge >= 0.3 is 5.97 Å². The predicted octanol–water partition coefficient (Wildman–Crippen LogP) is 1.32. The maximum atomic E-state index is 12.1. The molecule has 8 nitrogen and oxygen atoms in total. The second-order valence-corrected chi connectivity index (χ2v) is 7.99. The van der Waals surface area contributed by atoms with Crippen LogP contribution in [0.3, 0.4) is 0 Å². The number of benzene rings is 1. The first kappa shape index (κ1) is 20.7. The molecule has 0 spiro atoms. The third kappa shape index (κ3) is 5.18. The highest BCUT2D eigenvalue weighted by Crippen LogP contribution is 2.17. The van der Waals surface area contributed by atoms with Gasteiger partial charge < -0.3 is 14.6 Å². The number of primary sulfonamides is 1. The number of sulfonamides is 1. The number of carbonyl (C=O) groups is 2. The van der Waals surface area contributed by atoms with Crippen LogP contribution >= 0.6 is 0 Å². The molecule has 2 rings (SSSR count). The number of rotatable bonds is 6. The molecular formula is C18H23N3O5S. The van der Waals surface area contributed by atoms with E-state index in [0.29, 0.717) is 0 Å². The number of nitrogens with zero attached hydrogens (tertiary/aromatic N) is 1. The van der Waals surface area contributed by atoms with Crippen molar-refractivity contribution in [3.8, 4) is 0 Å². The molecule has 0 saturated carbocycles. The quantitative estimate of drug-likeness (QED) is 0.717. The van der Waals surface area contributed by atoms with Crippen LogP contribution < -0.4 is 10.5 Å². The molecule has 27 heavy (non-hydrogen) atoms. The van der Waals surface area contributed by atoms with Crippen LogP contribution in [0.2, 0.25) is 0 Å². The minimum atomic E-state index is -3.93. The molecule has 3 N–H and O–H groups in total. The van der Waals surface area contributed by atoms with E-state index in [0.717, 1.165) is 22.8 Å². The monoisotopic (exact) mass is 393 g/mol. The molecule has 1 heterocycles. The van der Waals surface area contributed by atoms with Crippen LogP contribution in [-0.2, 0) is 26.6 Å². The van der Waals surface area contributed by atoms with Crippen LogP contribution in [0, 0.1) is 13.8 Å². The first-order valence-electron chi connectivity index (χ1n) is 8.22. The average molecular weight is 393 g/mol. The van der Waals surface area contributed by atoms with Crippen molar-refractivity contribution in [2.45, 2.75) is 31.7 Å². The largest absolute Gasteiger partial charge is 0.451 e. The van der Waals surface area contributed by atoms with Crippen LogP contribution in [0.4, 0.5) is 0 Å². The topological polar surface area (TPSA) is 120 Å². The fraction of sp³-hybridized carbons (Fsp3) is 0.333. The number of ether oxygens (including phenoxy) is 1. The van der Waals surface area contributed by atoms with Crippen molar-refractivity contribution in [2.75, 3.05) is 6.61 Å². The zero-order valence-electron chi connectivity index (χ0n) is 15.6. The van der Waals surface area contributed by atoms with E-state index in [1.54, 1.807) is 0 Å². The number of hydrogen-bond acceptors (Lipinski definition) is 5. The highest BCUT2D eigenvalue weighted by atomic mass is 32.2. The number of aromatic nitrogens is 1. The van der Waals surface area contributed by atoms with Gasteiger partial charge in [-0.2, -0.15) is 0 Å². The van der Waals surface area contributed by atoms with Crippen LogP contribution in [-0.4, -0.2) is 31.5 Å². The molecule has 0 aliphatic rings. The van der Waals surface area contributed by atoms with Crippen LogP contribution in [0.15, 0.2) is 35.4 Å². The van der Waals surface area contributed by atoms with Crippen molar-refractivity contribution in [3.63, 3.8) is 0 Å². The SMILES string of the molecule is Cc1ccc(C(C)NC(=O)COC(=O)c2cc(S(N)(=O)=O)cn2C)cc1C. The highest BCUT2D eigenvalue weighted by molar-refractivity contribution is 7.89. The van der Waals surface area contributed by atoms with Gasteiger partial charge in [0, 0.05) is 13.2 Å². The lowest BCUT2D eigenvalue weighted by molar-refractivity contribution is -0.124. The average Bonchev–Trinajstić information content (AvgIpc) is 2.97. The Kier molecular flexibility index (Phi) is 6.07. The van der Waals surface area contributed by atoms with Gasteiger partial charge in [0.05, 0.1) is 6.04 Å². The summed E-state index contributed by atoms with van der Waals surface area (Å²) < 4.78 is 28.9. The minimum Gasteiger partial charge on any atom is -0.451 e. The molecule has 0 saturated heterocycles. The number of nitrogens with one attached hydrogen (secondary N) is 1. The summed E-state index contributed by atoms with van der Waals surface area (Å²) in [5.74, 6) is -1.28. The molecule has 9 heteroatoms. The van der Waals surface area contributed by atoms with Crippen molar-refractivity contribution in [1.82, 2.24) is 9.88 Å². The van der Waals surface area contributed by atoms with E-state index in [1.807, 2.05) is 39.0 Å². The Bertz CT molecular complexity index is 979. The van der Waals surface area contributed by atoms with Crippen molar-refractivity contribution >= 4 is 21.9 Å². The van der Waals surface area contributed by atoms with Gasteiger partial charge in [0.2, 0.25) is 10.0 Å². The number of hydrogen-bond donors (Lipinski definition) is 2. The minimum absolute atomic E-state index is 0.0194. The maximum Gasteiger partial charge on any atom is 0.355 e. The van der Waals surface area contributed by atoms with Gasteiger partial charge in [-0.25, -0.2) is 18.4 Å². The molecule has 1 amide bonds. The second kappa shape index (κ2) is 7.93. The standard InChI is InChI=1S/C18H23N3O5S/c1-11-5-6-14(7-12(11)2)13(3)20-17(22)10-26-18(23)16-8-15(9-21(16)4)27(19,24)25/h5-9,13H,10H2,1-4H3,(H,20,22)(H2,19,24,25). The Hall–Kier alpha value is -2.65. The lowest BCUT2D eigenvalue weighted by atomic mass is 10.0. The summed E-state index contributed by atoms with van der Waals surface area (Å²) in [6.07, 6.45) is 1.20. The number of aryl methyl sites for hydroxylation is 3. The third-order valence-electron chi connectivity index (χ3n) is 4.26. The van der Waals surface area contributed by atoms with E-state index in [2.05, 4.69) is 5.32 Å². The Balaban J connectivity index is 1.96. The van der Waals surface area contributed by atoms with Crippen molar-refractivity contribution in [2.24, 2.45) is 12.2 Å². The lowest BCUT2D eigenvalue weighted by Crippen LogP contribution is -2.31. The summed E-state index contributed by atoms with van der Waals surface area (Å²) in [5, 5.41) is 7.79. The summed E-state index contributed by atoms with van der Waals surface area (Å²) in [6, 6.07) is 6.75. The Morgan fingerprint density at radius 2 is 1.89 bits per heavy atom. The molecule has 0 aliphatic heterocycles. The van der Waals surface area contributed by atoms with Gasteiger partial charge in [0.1, 0.15) is 10.6 Å². The van der Waals surface area contributed by atoms with E-state index < -0.39 is 28.5 Å². The van der Waals surface area contributed by atoms with E-state index in [-0.39, 0.29) is 16.6 Å². The summed E-state index contributed by atoms with van der Waals surface area (Å²) in [5.41, 5.74) is 3.20. The van der Waals surface area contributed by atoms with Crippen molar-refractivity contribution in [3.05, 3.63) is 52.8 Å². The summed E-state index contributed by atoms with van der Waals surface area (Å²) >= 11 is 0. The number of esters is 1. The van der Waals surface area contributed by atoms with Gasteiger partial charge in [-0.3, -0.25) is 4.79 Å². The van der Waals surface area contributed by atoms with E-state index in [1.165, 1.54) is 17.8 Å². The van der Waals surface area contributed by atoms with Crippen LogP contribution in [0.1, 0.15) is 40.1 Å². The molecule has 1 atom stereocenters. The second-order valence-electron chi connectivity index (χ2n) is 6.43. The summed E-state index contributed by atoms with van der Waals surface area (Å²) in [6.45, 7) is 5.35. The molecule has 0 radical (unpaired) electrons. The highest BCUT2D eigenvalue weighted by Gasteiger charge is 2.20. The Morgan fingerprint density at radius 1 is 1.22 bits per heavy atom. The molecule has 1 unspecified atom stereocenters. The molecule has 1 aromatic heterocycles. The zero-order valence-corrected chi connectivity index (χ0v) is 16.5. The normalized spacial score (nSPS) is 12.5. The zero-order chi connectivity index (χ0) is 20.4. The maximum absolute atomic E-state index is 12.1. The lowest BCUT2D eigenvalue weighted by Gasteiger charge is -2.15. The van der Waals surface area contributed by atoms with Gasteiger partial charge in [0.25, 0.3) is 5.91 Å². The molecule has 1 aromatic carbocycles. The summed E-state index contributed by atoms with van der Waals surface area (Å²) in [4.78, 5) is 23.9. The molecular weight excluding hydrogens is 370 g/mol. The molecule has 2 aromatic rings. The smallest absolute Gasteiger partial charge is 0.355 e. The van der Waals surface area contributed by atoms with Gasteiger partial charge in [-0.1, -0.05) is 18.2 Å². The first-order valence-corrected chi connectivity index (χ1v) is 9.76.